The average Bonchev–Trinajstić information content (AvgIpc) is 2.69. The summed E-state index contributed by atoms with van der Waals surface area (Å²) in [5, 5.41) is 6.14. The molecule has 0 atom stereocenters. The highest BCUT2D eigenvalue weighted by Gasteiger charge is 2.31. The lowest BCUT2D eigenvalue weighted by Crippen LogP contribution is -2.05. The van der Waals surface area contributed by atoms with Gasteiger partial charge in [0.15, 0.2) is 0 Å². The summed E-state index contributed by atoms with van der Waals surface area (Å²) >= 11 is 5.72. The van der Waals surface area contributed by atoms with Crippen LogP contribution in [0.1, 0.15) is 5.56 Å². The van der Waals surface area contributed by atoms with Crippen molar-refractivity contribution in [1.82, 2.24) is 15.2 Å². The number of pyridine rings is 1. The molecule has 0 saturated heterocycles. The summed E-state index contributed by atoms with van der Waals surface area (Å²) in [5.41, 5.74) is -0.0631. The molecule has 0 radical (unpaired) electrons. The van der Waals surface area contributed by atoms with E-state index in [0.29, 0.717) is 5.56 Å². The van der Waals surface area contributed by atoms with Crippen LogP contribution in [-0.2, 0) is 6.18 Å². The van der Waals surface area contributed by atoms with E-state index in [4.69, 9.17) is 11.6 Å². The van der Waals surface area contributed by atoms with Crippen LogP contribution in [0.3, 0.4) is 0 Å². The molecular weight excluding hydrogens is 243 g/mol. The molecule has 2 aromatic rings. The zero-order valence-electron chi connectivity index (χ0n) is 7.72. The van der Waals surface area contributed by atoms with Crippen LogP contribution in [0.4, 0.5) is 13.2 Å². The van der Waals surface area contributed by atoms with Crippen LogP contribution < -0.4 is 0 Å². The van der Waals surface area contributed by atoms with Gasteiger partial charge in [-0.05, 0) is 6.07 Å². The molecule has 0 aliphatic carbocycles. The largest absolute Gasteiger partial charge is 0.417 e. The topological polar surface area (TPSA) is 41.6 Å². The fourth-order valence-corrected chi connectivity index (χ4v) is 1.46. The van der Waals surface area contributed by atoms with E-state index in [1.807, 2.05) is 0 Å². The Morgan fingerprint density at radius 3 is 2.50 bits per heavy atom. The highest BCUT2D eigenvalue weighted by molar-refractivity contribution is 6.33. The monoisotopic (exact) mass is 247 g/mol. The summed E-state index contributed by atoms with van der Waals surface area (Å²) in [6.45, 7) is 0. The molecule has 0 bridgehead atoms. The first kappa shape index (κ1) is 10.9. The van der Waals surface area contributed by atoms with Crippen molar-refractivity contribution in [3.63, 3.8) is 0 Å². The third-order valence-corrected chi connectivity index (χ3v) is 2.23. The Morgan fingerprint density at radius 2 is 2.00 bits per heavy atom. The lowest BCUT2D eigenvalue weighted by atomic mass is 10.2. The number of halogens is 4. The molecule has 0 amide bonds. The summed E-state index contributed by atoms with van der Waals surface area (Å²) in [4.78, 5) is 3.68. The van der Waals surface area contributed by atoms with Crippen molar-refractivity contribution in [2.45, 2.75) is 6.18 Å². The lowest BCUT2D eigenvalue weighted by Gasteiger charge is -2.07. The molecule has 16 heavy (non-hydrogen) atoms. The van der Waals surface area contributed by atoms with Crippen LogP contribution in [0.25, 0.3) is 11.3 Å². The molecule has 0 aliphatic heterocycles. The van der Waals surface area contributed by atoms with Crippen LogP contribution in [0.2, 0.25) is 5.02 Å². The van der Waals surface area contributed by atoms with E-state index in [1.54, 1.807) is 0 Å². The molecule has 0 saturated carbocycles. The number of nitrogens with one attached hydrogen (secondary N) is 1. The Labute approximate surface area is 93.3 Å². The summed E-state index contributed by atoms with van der Waals surface area (Å²) in [6, 6.07) is 0.844. The molecule has 7 heteroatoms. The second-order valence-electron chi connectivity index (χ2n) is 3.04. The van der Waals surface area contributed by atoms with Gasteiger partial charge < -0.3 is 0 Å². The van der Waals surface area contributed by atoms with Gasteiger partial charge in [0.1, 0.15) is 0 Å². The molecule has 2 aromatic heterocycles. The fourth-order valence-electron chi connectivity index (χ4n) is 1.19. The predicted molar refractivity (Wildman–Crippen MR) is 51.8 cm³/mol. The maximum atomic E-state index is 12.3. The molecule has 3 nitrogen and oxygen atoms in total. The molecule has 84 valence electrons. The number of hydrogen-bond donors (Lipinski definition) is 1. The third kappa shape index (κ3) is 2.01. The SMILES string of the molecule is FC(F)(F)c1cnc(-c2cn[nH]c2)c(Cl)c1. The zero-order chi connectivity index (χ0) is 11.8. The van der Waals surface area contributed by atoms with E-state index in [1.165, 1.54) is 12.4 Å². The Morgan fingerprint density at radius 1 is 1.25 bits per heavy atom. The molecule has 0 aliphatic rings. The van der Waals surface area contributed by atoms with Gasteiger partial charge in [-0.2, -0.15) is 18.3 Å². The van der Waals surface area contributed by atoms with Crippen molar-refractivity contribution >= 4 is 11.6 Å². The van der Waals surface area contributed by atoms with Crippen LogP contribution in [-0.4, -0.2) is 15.2 Å². The number of rotatable bonds is 1. The van der Waals surface area contributed by atoms with Gasteiger partial charge in [0.2, 0.25) is 0 Å². The lowest BCUT2D eigenvalue weighted by molar-refractivity contribution is -0.137. The first-order valence-electron chi connectivity index (χ1n) is 4.20. The van der Waals surface area contributed by atoms with Crippen molar-refractivity contribution in [3.8, 4) is 11.3 Å². The smallest absolute Gasteiger partial charge is 0.285 e. The minimum absolute atomic E-state index is 0.0591. The highest BCUT2D eigenvalue weighted by Crippen LogP contribution is 2.33. The third-order valence-electron chi connectivity index (χ3n) is 1.94. The Bertz CT molecular complexity index is 493. The van der Waals surface area contributed by atoms with Crippen LogP contribution in [0.15, 0.2) is 24.7 Å². The van der Waals surface area contributed by atoms with Gasteiger partial charge in [-0.25, -0.2) is 0 Å². The molecule has 2 rings (SSSR count). The number of alkyl halides is 3. The summed E-state index contributed by atoms with van der Waals surface area (Å²) in [6.07, 6.45) is -0.761. The maximum Gasteiger partial charge on any atom is 0.417 e. The minimum atomic E-state index is -4.44. The van der Waals surface area contributed by atoms with Crippen LogP contribution in [0, 0.1) is 0 Å². The fraction of sp³-hybridized carbons (Fsp3) is 0.111. The van der Waals surface area contributed by atoms with E-state index in [-0.39, 0.29) is 10.7 Å². The zero-order valence-corrected chi connectivity index (χ0v) is 8.47. The molecule has 0 unspecified atom stereocenters. The second kappa shape index (κ2) is 3.79. The van der Waals surface area contributed by atoms with E-state index < -0.39 is 11.7 Å². The predicted octanol–water partition coefficient (Wildman–Crippen LogP) is 3.14. The molecule has 0 aromatic carbocycles. The van der Waals surface area contributed by atoms with E-state index in [2.05, 4.69) is 15.2 Å². The maximum absolute atomic E-state index is 12.3. The number of aromatic amines is 1. The van der Waals surface area contributed by atoms with Crippen molar-refractivity contribution in [3.05, 3.63) is 35.2 Å². The van der Waals surface area contributed by atoms with Gasteiger partial charge in [-0.3, -0.25) is 10.1 Å². The van der Waals surface area contributed by atoms with Crippen molar-refractivity contribution in [1.29, 1.82) is 0 Å². The van der Waals surface area contributed by atoms with Gasteiger partial charge in [0, 0.05) is 18.0 Å². The van der Waals surface area contributed by atoms with E-state index in [0.717, 1.165) is 12.3 Å². The summed E-state index contributed by atoms with van der Waals surface area (Å²) < 4.78 is 37.0. The first-order chi connectivity index (χ1) is 7.48. The average molecular weight is 248 g/mol. The molecular formula is C9H5ClF3N3. The minimum Gasteiger partial charge on any atom is -0.285 e. The number of nitrogens with zero attached hydrogens (tertiary/aromatic N) is 2. The van der Waals surface area contributed by atoms with Crippen molar-refractivity contribution in [2.75, 3.05) is 0 Å². The Balaban J connectivity index is 2.46. The van der Waals surface area contributed by atoms with Gasteiger partial charge >= 0.3 is 6.18 Å². The number of aromatic nitrogens is 3. The Kier molecular flexibility index (Phi) is 2.59. The quantitative estimate of drug-likeness (QED) is 0.841. The summed E-state index contributed by atoms with van der Waals surface area (Å²) in [5.74, 6) is 0. The standard InChI is InChI=1S/C9H5ClF3N3/c10-7-1-6(9(11,12)13)4-14-8(7)5-2-15-16-3-5/h1-4H,(H,15,16). The Hall–Kier alpha value is -1.56. The number of H-pyrrole nitrogens is 1. The van der Waals surface area contributed by atoms with Gasteiger partial charge in [0.25, 0.3) is 0 Å². The van der Waals surface area contributed by atoms with Crippen LogP contribution in [0.5, 0.6) is 0 Å². The second-order valence-corrected chi connectivity index (χ2v) is 3.45. The highest BCUT2D eigenvalue weighted by atomic mass is 35.5. The first-order valence-corrected chi connectivity index (χ1v) is 4.58. The van der Waals surface area contributed by atoms with E-state index >= 15 is 0 Å². The molecule has 0 fully saturated rings. The summed E-state index contributed by atoms with van der Waals surface area (Å²) in [7, 11) is 0. The van der Waals surface area contributed by atoms with E-state index in [9.17, 15) is 13.2 Å². The molecule has 1 N–H and O–H groups in total. The van der Waals surface area contributed by atoms with Crippen molar-refractivity contribution < 1.29 is 13.2 Å². The van der Waals surface area contributed by atoms with Gasteiger partial charge in [-0.1, -0.05) is 11.6 Å². The molecule has 2 heterocycles. The molecule has 0 spiro atoms. The van der Waals surface area contributed by atoms with Gasteiger partial charge in [0.05, 0.1) is 22.5 Å². The van der Waals surface area contributed by atoms with Gasteiger partial charge in [-0.15, -0.1) is 0 Å². The van der Waals surface area contributed by atoms with Crippen molar-refractivity contribution in [2.24, 2.45) is 0 Å². The van der Waals surface area contributed by atoms with Crippen LogP contribution >= 0.6 is 11.6 Å². The normalized spacial score (nSPS) is 11.8. The number of hydrogen-bond acceptors (Lipinski definition) is 2.